The molecule has 0 radical (unpaired) electrons. The van der Waals surface area contributed by atoms with E-state index in [9.17, 15) is 4.79 Å². The van der Waals surface area contributed by atoms with Crippen molar-refractivity contribution in [2.45, 2.75) is 13.0 Å². The molecule has 20 heavy (non-hydrogen) atoms. The molecular weight excluding hydrogens is 274 g/mol. The first kappa shape index (κ1) is 14.2. The van der Waals surface area contributed by atoms with Crippen LogP contribution in [0.1, 0.15) is 28.9 Å². The second-order valence-electron chi connectivity index (χ2n) is 4.56. The van der Waals surface area contributed by atoms with Gasteiger partial charge in [-0.3, -0.25) is 4.79 Å². The number of hydrogen-bond acceptors (Lipinski definition) is 3. The van der Waals surface area contributed by atoms with Crippen LogP contribution >= 0.6 is 11.6 Å². The minimum absolute atomic E-state index is 0.00725. The quantitative estimate of drug-likeness (QED) is 0.756. The topological polar surface area (TPSA) is 81.1 Å². The highest BCUT2D eigenvalue weighted by molar-refractivity contribution is 6.34. The van der Waals surface area contributed by atoms with E-state index in [2.05, 4.69) is 5.32 Å². The van der Waals surface area contributed by atoms with Gasteiger partial charge in [0.25, 0.3) is 5.91 Å². The molecule has 5 N–H and O–H groups in total. The number of benzene rings is 2. The molecule has 0 bridgehead atoms. The van der Waals surface area contributed by atoms with Gasteiger partial charge in [-0.2, -0.15) is 0 Å². The Balaban J connectivity index is 2.28. The van der Waals surface area contributed by atoms with Gasteiger partial charge in [0.15, 0.2) is 0 Å². The fourth-order valence-corrected chi connectivity index (χ4v) is 2.26. The fourth-order valence-electron chi connectivity index (χ4n) is 2.00. The van der Waals surface area contributed by atoms with Gasteiger partial charge in [0, 0.05) is 17.4 Å². The second-order valence-corrected chi connectivity index (χ2v) is 4.97. The monoisotopic (exact) mass is 289 g/mol. The molecule has 0 heterocycles. The summed E-state index contributed by atoms with van der Waals surface area (Å²) in [4.78, 5) is 11.5. The fraction of sp³-hybridized carbons (Fsp3) is 0.133. The Hall–Kier alpha value is -2.20. The molecule has 0 aliphatic carbocycles. The molecule has 0 aliphatic rings. The van der Waals surface area contributed by atoms with E-state index in [-0.39, 0.29) is 6.04 Å². The largest absolute Gasteiger partial charge is 0.399 e. The number of carbonyl (C=O) groups is 1. The molecule has 0 fully saturated rings. The molecule has 1 atom stereocenters. The van der Waals surface area contributed by atoms with Crippen molar-refractivity contribution in [3.63, 3.8) is 0 Å². The Labute approximate surface area is 122 Å². The highest BCUT2D eigenvalue weighted by atomic mass is 35.5. The van der Waals surface area contributed by atoms with E-state index in [4.69, 9.17) is 23.1 Å². The third kappa shape index (κ3) is 3.03. The van der Waals surface area contributed by atoms with Gasteiger partial charge in [-0.15, -0.1) is 0 Å². The molecule has 104 valence electrons. The zero-order valence-corrected chi connectivity index (χ0v) is 11.8. The average molecular weight is 290 g/mol. The van der Waals surface area contributed by atoms with Crippen LogP contribution in [0.4, 0.5) is 11.4 Å². The lowest BCUT2D eigenvalue weighted by Gasteiger charge is -2.18. The van der Waals surface area contributed by atoms with E-state index in [0.29, 0.717) is 22.0 Å². The minimum atomic E-state index is -0.553. The van der Waals surface area contributed by atoms with Crippen LogP contribution in [0.25, 0.3) is 0 Å². The normalized spacial score (nSPS) is 11.9. The molecule has 0 saturated heterocycles. The zero-order valence-electron chi connectivity index (χ0n) is 11.1. The molecule has 0 aliphatic heterocycles. The van der Waals surface area contributed by atoms with Crippen molar-refractivity contribution in [2.24, 2.45) is 5.73 Å². The van der Waals surface area contributed by atoms with Gasteiger partial charge in [0.2, 0.25) is 0 Å². The number of hydrogen-bond donors (Lipinski definition) is 3. The molecule has 0 aromatic heterocycles. The number of anilines is 2. The first-order chi connectivity index (χ1) is 9.49. The number of halogens is 1. The molecule has 4 nitrogen and oxygen atoms in total. The summed E-state index contributed by atoms with van der Waals surface area (Å²) in [6, 6.07) is 12.7. The van der Waals surface area contributed by atoms with Crippen molar-refractivity contribution < 1.29 is 4.79 Å². The van der Waals surface area contributed by atoms with Crippen LogP contribution in [0.2, 0.25) is 5.02 Å². The Morgan fingerprint density at radius 2 is 1.85 bits per heavy atom. The number of rotatable bonds is 4. The highest BCUT2D eigenvalue weighted by Crippen LogP contribution is 2.27. The van der Waals surface area contributed by atoms with Crippen LogP contribution in [0.5, 0.6) is 0 Å². The summed E-state index contributed by atoms with van der Waals surface area (Å²) < 4.78 is 0. The van der Waals surface area contributed by atoms with Gasteiger partial charge >= 0.3 is 0 Å². The average Bonchev–Trinajstić information content (AvgIpc) is 2.39. The molecular formula is C15H16ClN3O. The summed E-state index contributed by atoms with van der Waals surface area (Å²) in [6.45, 7) is 1.98. The standard InChI is InChI=1S/C15H16ClN3O/c1-9(10-5-7-11(17)8-6-10)19-13-4-2-3-12(16)14(13)15(18)20/h2-9,19H,17H2,1H3,(H2,18,20). The Bertz CT molecular complexity index is 626. The number of amides is 1. The van der Waals surface area contributed by atoms with E-state index in [0.717, 1.165) is 5.56 Å². The number of nitrogens with two attached hydrogens (primary N) is 2. The lowest BCUT2D eigenvalue weighted by atomic mass is 10.1. The maximum Gasteiger partial charge on any atom is 0.252 e. The van der Waals surface area contributed by atoms with Crippen LogP contribution in [-0.4, -0.2) is 5.91 Å². The van der Waals surface area contributed by atoms with Gasteiger partial charge in [-0.1, -0.05) is 29.8 Å². The molecule has 5 heteroatoms. The summed E-state index contributed by atoms with van der Waals surface area (Å²) in [5, 5.41) is 3.58. The van der Waals surface area contributed by atoms with Crippen molar-refractivity contribution in [1.82, 2.24) is 0 Å². The number of nitrogen functional groups attached to an aromatic ring is 1. The van der Waals surface area contributed by atoms with Gasteiger partial charge in [-0.05, 0) is 36.8 Å². The third-order valence-corrected chi connectivity index (χ3v) is 3.38. The van der Waals surface area contributed by atoms with E-state index in [1.165, 1.54) is 0 Å². The van der Waals surface area contributed by atoms with E-state index in [1.54, 1.807) is 18.2 Å². The molecule has 2 rings (SSSR count). The van der Waals surface area contributed by atoms with Crippen molar-refractivity contribution in [2.75, 3.05) is 11.1 Å². The minimum Gasteiger partial charge on any atom is -0.399 e. The van der Waals surface area contributed by atoms with E-state index >= 15 is 0 Å². The summed E-state index contributed by atoms with van der Waals surface area (Å²) in [5.74, 6) is -0.553. The van der Waals surface area contributed by atoms with Crippen LogP contribution in [0, 0.1) is 0 Å². The van der Waals surface area contributed by atoms with Gasteiger partial charge in [-0.25, -0.2) is 0 Å². The van der Waals surface area contributed by atoms with E-state index < -0.39 is 5.91 Å². The lowest BCUT2D eigenvalue weighted by molar-refractivity contribution is 0.100. The summed E-state index contributed by atoms with van der Waals surface area (Å²) >= 11 is 6.02. The van der Waals surface area contributed by atoms with Crippen molar-refractivity contribution >= 4 is 28.9 Å². The molecule has 0 saturated carbocycles. The zero-order chi connectivity index (χ0) is 14.7. The van der Waals surface area contributed by atoms with Gasteiger partial charge in [0.1, 0.15) is 0 Å². The van der Waals surface area contributed by atoms with Gasteiger partial charge < -0.3 is 16.8 Å². The number of primary amides is 1. The van der Waals surface area contributed by atoms with Crippen molar-refractivity contribution in [3.05, 3.63) is 58.6 Å². The van der Waals surface area contributed by atoms with Crippen LogP contribution in [-0.2, 0) is 0 Å². The predicted molar refractivity (Wildman–Crippen MR) is 82.9 cm³/mol. The molecule has 0 spiro atoms. The van der Waals surface area contributed by atoms with Crippen molar-refractivity contribution in [3.8, 4) is 0 Å². The predicted octanol–water partition coefficient (Wildman–Crippen LogP) is 3.19. The highest BCUT2D eigenvalue weighted by Gasteiger charge is 2.14. The Morgan fingerprint density at radius 3 is 2.45 bits per heavy atom. The third-order valence-electron chi connectivity index (χ3n) is 3.07. The van der Waals surface area contributed by atoms with Crippen LogP contribution in [0.15, 0.2) is 42.5 Å². The Morgan fingerprint density at radius 1 is 1.20 bits per heavy atom. The Kier molecular flexibility index (Phi) is 4.15. The van der Waals surface area contributed by atoms with Crippen molar-refractivity contribution in [1.29, 1.82) is 0 Å². The number of nitrogens with one attached hydrogen (secondary N) is 1. The second kappa shape index (κ2) is 5.84. The number of carbonyl (C=O) groups excluding carboxylic acids is 1. The smallest absolute Gasteiger partial charge is 0.252 e. The van der Waals surface area contributed by atoms with Crippen LogP contribution in [0.3, 0.4) is 0 Å². The van der Waals surface area contributed by atoms with E-state index in [1.807, 2.05) is 31.2 Å². The molecule has 1 amide bonds. The molecule has 2 aromatic carbocycles. The van der Waals surface area contributed by atoms with Gasteiger partial charge in [0.05, 0.1) is 10.6 Å². The summed E-state index contributed by atoms with van der Waals surface area (Å²) in [6.07, 6.45) is 0. The summed E-state index contributed by atoms with van der Waals surface area (Å²) in [7, 11) is 0. The summed E-state index contributed by atoms with van der Waals surface area (Å²) in [5.41, 5.74) is 13.7. The first-order valence-corrected chi connectivity index (χ1v) is 6.57. The maximum absolute atomic E-state index is 11.5. The molecule has 2 aromatic rings. The molecule has 1 unspecified atom stereocenters. The lowest BCUT2D eigenvalue weighted by Crippen LogP contribution is -2.16. The SMILES string of the molecule is CC(Nc1cccc(Cl)c1C(N)=O)c1ccc(N)cc1. The maximum atomic E-state index is 11.5. The van der Waals surface area contributed by atoms with Crippen LogP contribution < -0.4 is 16.8 Å². The first-order valence-electron chi connectivity index (χ1n) is 6.19.